The van der Waals surface area contributed by atoms with E-state index in [1.54, 1.807) is 24.3 Å². The molecule has 140 valence electrons. The first-order valence-electron chi connectivity index (χ1n) is 8.28. The lowest BCUT2D eigenvalue weighted by molar-refractivity contribution is 0.0949. The molecule has 2 N–H and O–H groups in total. The molecule has 0 saturated heterocycles. The van der Waals surface area contributed by atoms with Gasteiger partial charge in [0.25, 0.3) is 5.91 Å². The molecule has 0 radical (unpaired) electrons. The van der Waals surface area contributed by atoms with Crippen LogP contribution in [0.2, 0.25) is 0 Å². The lowest BCUT2D eigenvalue weighted by Gasteiger charge is -2.27. The summed E-state index contributed by atoms with van der Waals surface area (Å²) in [7, 11) is -3.07. The fourth-order valence-electron chi connectivity index (χ4n) is 3.13. The van der Waals surface area contributed by atoms with Crippen molar-refractivity contribution in [2.45, 2.75) is 18.2 Å². The molecule has 0 saturated carbocycles. The highest BCUT2D eigenvalue weighted by Crippen LogP contribution is 2.22. The van der Waals surface area contributed by atoms with E-state index in [4.69, 9.17) is 0 Å². The molecular weight excluding hydrogens is 372 g/mol. The van der Waals surface area contributed by atoms with E-state index < -0.39 is 9.84 Å². The topological polar surface area (TPSA) is 75.3 Å². The number of hydrogen-bond acceptors (Lipinski definition) is 4. The van der Waals surface area contributed by atoms with Crippen molar-refractivity contribution in [1.82, 2.24) is 10.6 Å². The van der Waals surface area contributed by atoms with Gasteiger partial charge in [0.05, 0.1) is 5.75 Å². The van der Waals surface area contributed by atoms with E-state index in [0.29, 0.717) is 17.7 Å². The molecule has 0 aliphatic carbocycles. The maximum Gasteiger partial charge on any atom is 0.251 e. The number of hydrogen-bond donors (Lipinski definition) is 2. The van der Waals surface area contributed by atoms with Crippen molar-refractivity contribution in [2.75, 3.05) is 19.3 Å². The molecule has 1 aliphatic rings. The van der Waals surface area contributed by atoms with Crippen molar-refractivity contribution in [3.05, 3.63) is 70.8 Å². The van der Waals surface area contributed by atoms with E-state index >= 15 is 0 Å². The maximum absolute atomic E-state index is 12.3. The van der Waals surface area contributed by atoms with Crippen LogP contribution in [-0.2, 0) is 22.0 Å². The summed E-state index contributed by atoms with van der Waals surface area (Å²) in [6.45, 7) is 1.42. The van der Waals surface area contributed by atoms with Gasteiger partial charge in [0.2, 0.25) is 0 Å². The number of carbonyl (C=O) groups excluding carboxylic acids is 1. The minimum Gasteiger partial charge on any atom is -0.350 e. The summed E-state index contributed by atoms with van der Waals surface area (Å²) in [5, 5.41) is 6.39. The Morgan fingerprint density at radius 1 is 1.15 bits per heavy atom. The molecular formula is C19H23ClN2O3S. The van der Waals surface area contributed by atoms with E-state index in [2.05, 4.69) is 22.8 Å². The van der Waals surface area contributed by atoms with Crippen LogP contribution in [0, 0.1) is 0 Å². The number of benzene rings is 2. The highest BCUT2D eigenvalue weighted by Gasteiger charge is 2.19. The zero-order valence-electron chi connectivity index (χ0n) is 14.6. The first kappa shape index (κ1) is 20.4. The number of halogens is 1. The second-order valence-electron chi connectivity index (χ2n) is 6.43. The number of fused-ring (bicyclic) bond motifs is 1. The molecule has 0 fully saturated rings. The highest BCUT2D eigenvalue weighted by molar-refractivity contribution is 7.89. The second kappa shape index (κ2) is 8.66. The SMILES string of the molecule is CS(=O)(=O)Cc1ccc(C(=O)NCC2NCCc3ccccc32)cc1.Cl. The van der Waals surface area contributed by atoms with Gasteiger partial charge in [0, 0.05) is 24.4 Å². The van der Waals surface area contributed by atoms with E-state index in [9.17, 15) is 13.2 Å². The quantitative estimate of drug-likeness (QED) is 0.815. The van der Waals surface area contributed by atoms with Gasteiger partial charge in [-0.15, -0.1) is 12.4 Å². The monoisotopic (exact) mass is 394 g/mol. The third-order valence-corrected chi connectivity index (χ3v) is 5.19. The van der Waals surface area contributed by atoms with E-state index in [-0.39, 0.29) is 30.1 Å². The predicted molar refractivity (Wildman–Crippen MR) is 105 cm³/mol. The molecule has 1 unspecified atom stereocenters. The first-order chi connectivity index (χ1) is 11.9. The van der Waals surface area contributed by atoms with Crippen LogP contribution >= 0.6 is 12.4 Å². The van der Waals surface area contributed by atoms with Crippen LogP contribution in [0.3, 0.4) is 0 Å². The average Bonchev–Trinajstić information content (AvgIpc) is 2.59. The molecule has 0 bridgehead atoms. The zero-order valence-corrected chi connectivity index (χ0v) is 16.2. The van der Waals surface area contributed by atoms with Crippen molar-refractivity contribution < 1.29 is 13.2 Å². The molecule has 26 heavy (non-hydrogen) atoms. The maximum atomic E-state index is 12.3. The van der Waals surface area contributed by atoms with Gasteiger partial charge in [0.1, 0.15) is 0 Å². The van der Waals surface area contributed by atoms with Crippen molar-refractivity contribution in [3.63, 3.8) is 0 Å². The standard InChI is InChI=1S/C19H22N2O3S.ClH/c1-25(23,24)13-14-6-8-16(9-7-14)19(22)21-12-18-17-5-3-2-4-15(17)10-11-20-18;/h2-9,18,20H,10-13H2,1H3,(H,21,22);1H. The molecule has 0 spiro atoms. The zero-order chi connectivity index (χ0) is 17.9. The Hall–Kier alpha value is -1.89. The Kier molecular flexibility index (Phi) is 6.81. The third kappa shape index (κ3) is 5.30. The number of sulfone groups is 1. The molecule has 1 heterocycles. The Morgan fingerprint density at radius 3 is 2.54 bits per heavy atom. The molecule has 2 aromatic rings. The van der Waals surface area contributed by atoms with Gasteiger partial charge in [-0.25, -0.2) is 8.42 Å². The lowest BCUT2D eigenvalue weighted by atomic mass is 9.94. The summed E-state index contributed by atoms with van der Waals surface area (Å²) in [6, 6.07) is 15.1. The summed E-state index contributed by atoms with van der Waals surface area (Å²) in [5.41, 5.74) is 3.77. The smallest absolute Gasteiger partial charge is 0.251 e. The molecule has 1 atom stereocenters. The second-order valence-corrected chi connectivity index (χ2v) is 8.57. The first-order valence-corrected chi connectivity index (χ1v) is 10.3. The highest BCUT2D eigenvalue weighted by atomic mass is 35.5. The van der Waals surface area contributed by atoms with Gasteiger partial charge < -0.3 is 10.6 Å². The van der Waals surface area contributed by atoms with E-state index in [1.807, 2.05) is 12.1 Å². The van der Waals surface area contributed by atoms with Gasteiger partial charge in [0.15, 0.2) is 9.84 Å². The summed E-state index contributed by atoms with van der Waals surface area (Å²) in [4.78, 5) is 12.3. The van der Waals surface area contributed by atoms with Crippen molar-refractivity contribution >= 4 is 28.2 Å². The van der Waals surface area contributed by atoms with E-state index in [0.717, 1.165) is 13.0 Å². The molecule has 3 rings (SSSR count). The number of nitrogens with one attached hydrogen (secondary N) is 2. The van der Waals surface area contributed by atoms with Crippen molar-refractivity contribution in [1.29, 1.82) is 0 Å². The summed E-state index contributed by atoms with van der Waals surface area (Å²) < 4.78 is 22.6. The predicted octanol–water partition coefficient (Wildman–Crippen LogP) is 2.27. The lowest BCUT2D eigenvalue weighted by Crippen LogP contribution is -2.38. The minimum atomic E-state index is -3.07. The van der Waals surface area contributed by atoms with Crippen LogP contribution in [-0.4, -0.2) is 33.7 Å². The van der Waals surface area contributed by atoms with E-state index in [1.165, 1.54) is 17.4 Å². The van der Waals surface area contributed by atoms with Gasteiger partial charge in [-0.2, -0.15) is 0 Å². The van der Waals surface area contributed by atoms with Crippen LogP contribution in [0.25, 0.3) is 0 Å². The van der Waals surface area contributed by atoms with Gasteiger partial charge in [-0.1, -0.05) is 36.4 Å². The number of rotatable bonds is 5. The fraction of sp³-hybridized carbons (Fsp3) is 0.316. The Bertz CT molecular complexity index is 867. The normalized spacial score (nSPS) is 16.3. The minimum absolute atomic E-state index is 0. The fourth-order valence-corrected chi connectivity index (χ4v) is 3.92. The van der Waals surface area contributed by atoms with Gasteiger partial charge in [-0.3, -0.25) is 4.79 Å². The molecule has 2 aromatic carbocycles. The Balaban J connectivity index is 0.00000243. The third-order valence-electron chi connectivity index (χ3n) is 4.33. The van der Waals surface area contributed by atoms with Gasteiger partial charge >= 0.3 is 0 Å². The van der Waals surface area contributed by atoms with Crippen LogP contribution < -0.4 is 10.6 Å². The number of amides is 1. The molecule has 1 amide bonds. The summed E-state index contributed by atoms with van der Waals surface area (Å²) in [5.74, 6) is -0.173. The van der Waals surface area contributed by atoms with Crippen molar-refractivity contribution in [2.24, 2.45) is 0 Å². The molecule has 1 aliphatic heterocycles. The molecule has 7 heteroatoms. The summed E-state index contributed by atoms with van der Waals surface area (Å²) >= 11 is 0. The van der Waals surface area contributed by atoms with Crippen LogP contribution in [0.15, 0.2) is 48.5 Å². The average molecular weight is 395 g/mol. The molecule has 5 nitrogen and oxygen atoms in total. The number of carbonyl (C=O) groups is 1. The Morgan fingerprint density at radius 2 is 1.85 bits per heavy atom. The van der Waals surface area contributed by atoms with Gasteiger partial charge in [-0.05, 0) is 41.8 Å². The summed E-state index contributed by atoms with van der Waals surface area (Å²) in [6.07, 6.45) is 2.20. The largest absolute Gasteiger partial charge is 0.350 e. The van der Waals surface area contributed by atoms with Crippen LogP contribution in [0.5, 0.6) is 0 Å². The van der Waals surface area contributed by atoms with Crippen LogP contribution in [0.1, 0.15) is 33.1 Å². The molecule has 0 aromatic heterocycles. The Labute approximate surface area is 160 Å². The van der Waals surface area contributed by atoms with Crippen LogP contribution in [0.4, 0.5) is 0 Å². The van der Waals surface area contributed by atoms with Crippen molar-refractivity contribution in [3.8, 4) is 0 Å².